The van der Waals surface area contributed by atoms with Crippen molar-refractivity contribution in [3.05, 3.63) is 30.5 Å². The molecule has 2 amide bonds. The minimum atomic E-state index is -0.285. The summed E-state index contributed by atoms with van der Waals surface area (Å²) in [6.07, 6.45) is 1.91. The number of hydrogen-bond donors (Lipinski definition) is 3. The normalized spacial score (nSPS) is 10.9. The molecule has 2 aromatic rings. The molecule has 0 radical (unpaired) electrons. The van der Waals surface area contributed by atoms with Gasteiger partial charge in [0.15, 0.2) is 0 Å². The first-order chi connectivity index (χ1) is 11.3. The minimum Gasteiger partial charge on any atom is -0.394 e. The lowest BCUT2D eigenvalue weighted by Crippen LogP contribution is -2.31. The Morgan fingerprint density at radius 2 is 2.09 bits per heavy atom. The molecule has 3 N–H and O–H groups in total. The van der Waals surface area contributed by atoms with Crippen molar-refractivity contribution in [1.29, 1.82) is 0 Å². The van der Waals surface area contributed by atoms with Crippen LogP contribution in [0.3, 0.4) is 0 Å². The molecule has 7 heteroatoms. The van der Waals surface area contributed by atoms with Gasteiger partial charge >= 0.3 is 6.03 Å². The van der Waals surface area contributed by atoms with E-state index >= 15 is 0 Å². The van der Waals surface area contributed by atoms with Crippen LogP contribution in [-0.2, 0) is 16.0 Å². The number of fused-ring (bicyclic) bond motifs is 1. The fourth-order valence-electron chi connectivity index (χ4n) is 2.29. The number of benzene rings is 1. The Balaban J connectivity index is 1.97. The summed E-state index contributed by atoms with van der Waals surface area (Å²) in [6, 6.07) is 7.60. The van der Waals surface area contributed by atoms with E-state index in [9.17, 15) is 4.79 Å². The minimum absolute atomic E-state index is 0.0207. The number of anilines is 1. The van der Waals surface area contributed by atoms with Crippen LogP contribution in [0.15, 0.2) is 30.5 Å². The van der Waals surface area contributed by atoms with E-state index in [1.165, 1.54) is 0 Å². The number of hydrogen-bond acceptors (Lipinski definition) is 4. The molecular weight excluding hydrogens is 298 g/mol. The third kappa shape index (κ3) is 4.95. The maximum Gasteiger partial charge on any atom is 0.319 e. The van der Waals surface area contributed by atoms with Crippen molar-refractivity contribution in [3.8, 4) is 0 Å². The number of para-hydroxylation sites is 1. The van der Waals surface area contributed by atoms with E-state index in [2.05, 4.69) is 15.2 Å². The molecule has 0 saturated carbocycles. The lowest BCUT2D eigenvalue weighted by molar-refractivity contribution is 0.0950. The third-order valence-corrected chi connectivity index (χ3v) is 3.34. The number of aliphatic hydroxyl groups excluding tert-OH is 1. The summed E-state index contributed by atoms with van der Waals surface area (Å²) < 4.78 is 12.3. The highest BCUT2D eigenvalue weighted by atomic mass is 16.5. The van der Waals surface area contributed by atoms with Crippen LogP contribution in [-0.4, -0.2) is 55.8 Å². The van der Waals surface area contributed by atoms with E-state index < -0.39 is 0 Å². The molecule has 23 heavy (non-hydrogen) atoms. The molecule has 0 spiro atoms. The van der Waals surface area contributed by atoms with Gasteiger partial charge in [-0.2, -0.15) is 0 Å². The van der Waals surface area contributed by atoms with Crippen LogP contribution in [0.1, 0.15) is 0 Å². The highest BCUT2D eigenvalue weighted by Gasteiger charge is 2.10. The van der Waals surface area contributed by atoms with Crippen LogP contribution in [0.4, 0.5) is 10.5 Å². The summed E-state index contributed by atoms with van der Waals surface area (Å²) in [5.74, 6) is 0. The summed E-state index contributed by atoms with van der Waals surface area (Å²) in [6.45, 7) is 2.32. The zero-order valence-electron chi connectivity index (χ0n) is 13.2. The van der Waals surface area contributed by atoms with Crippen molar-refractivity contribution in [2.24, 2.45) is 0 Å². The molecule has 0 atom stereocenters. The predicted molar refractivity (Wildman–Crippen MR) is 88.7 cm³/mol. The maximum atomic E-state index is 12.0. The van der Waals surface area contributed by atoms with Crippen molar-refractivity contribution in [2.75, 3.05) is 45.4 Å². The Kier molecular flexibility index (Phi) is 6.86. The average Bonchev–Trinajstić information content (AvgIpc) is 2.91. The highest BCUT2D eigenvalue weighted by Crippen LogP contribution is 2.25. The molecule has 0 bridgehead atoms. The summed E-state index contributed by atoms with van der Waals surface area (Å²) in [4.78, 5) is 12.0. The second-order valence-corrected chi connectivity index (χ2v) is 4.96. The first-order valence-electron chi connectivity index (χ1n) is 7.56. The van der Waals surface area contributed by atoms with Crippen LogP contribution in [0.5, 0.6) is 0 Å². The molecule has 126 valence electrons. The van der Waals surface area contributed by atoms with Crippen molar-refractivity contribution in [3.63, 3.8) is 0 Å². The van der Waals surface area contributed by atoms with Crippen LogP contribution in [0.25, 0.3) is 10.9 Å². The van der Waals surface area contributed by atoms with Gasteiger partial charge in [-0.1, -0.05) is 18.2 Å². The topological polar surface area (TPSA) is 84.8 Å². The fraction of sp³-hybridized carbons (Fsp3) is 0.438. The number of nitrogens with one attached hydrogen (secondary N) is 2. The average molecular weight is 321 g/mol. The van der Waals surface area contributed by atoms with Gasteiger partial charge in [0.05, 0.1) is 37.6 Å². The molecule has 7 nitrogen and oxygen atoms in total. The van der Waals surface area contributed by atoms with E-state index in [-0.39, 0.29) is 19.2 Å². The largest absolute Gasteiger partial charge is 0.394 e. The molecular formula is C16H23N3O4. The molecule has 0 aliphatic rings. The van der Waals surface area contributed by atoms with Gasteiger partial charge in [-0.3, -0.25) is 0 Å². The zero-order chi connectivity index (χ0) is 16.5. The standard InChI is InChI=1S/C16H23N3O4/c1-22-10-7-19-12-14(13-4-2-3-5-15(13)19)18-16(21)17-6-9-23-11-8-20/h2-5,12,20H,6-11H2,1H3,(H2,17,18,21). The van der Waals surface area contributed by atoms with E-state index in [0.717, 1.165) is 23.1 Å². The van der Waals surface area contributed by atoms with Gasteiger partial charge in [-0.05, 0) is 6.07 Å². The molecule has 1 aromatic carbocycles. The lowest BCUT2D eigenvalue weighted by Gasteiger charge is -2.07. The molecule has 2 rings (SSSR count). The second kappa shape index (κ2) is 9.14. The van der Waals surface area contributed by atoms with Gasteiger partial charge in [0.1, 0.15) is 0 Å². The number of carbonyl (C=O) groups excluding carboxylic acids is 1. The molecule has 0 aliphatic carbocycles. The summed E-state index contributed by atoms with van der Waals surface area (Å²) >= 11 is 0. The number of nitrogens with zero attached hydrogens (tertiary/aromatic N) is 1. The number of rotatable bonds is 9. The van der Waals surface area contributed by atoms with E-state index in [1.54, 1.807) is 7.11 Å². The van der Waals surface area contributed by atoms with Gasteiger partial charge < -0.3 is 29.8 Å². The first kappa shape index (κ1) is 17.3. The van der Waals surface area contributed by atoms with Crippen molar-refractivity contribution >= 4 is 22.6 Å². The zero-order valence-corrected chi connectivity index (χ0v) is 13.2. The smallest absolute Gasteiger partial charge is 0.319 e. The molecule has 0 aliphatic heterocycles. The van der Waals surface area contributed by atoms with Crippen LogP contribution in [0.2, 0.25) is 0 Å². The maximum absolute atomic E-state index is 12.0. The van der Waals surface area contributed by atoms with Gasteiger partial charge in [0, 0.05) is 31.8 Å². The van der Waals surface area contributed by atoms with Crippen molar-refractivity contribution in [1.82, 2.24) is 9.88 Å². The molecule has 0 unspecified atom stereocenters. The number of aromatic nitrogens is 1. The van der Waals surface area contributed by atoms with Crippen molar-refractivity contribution < 1.29 is 19.4 Å². The lowest BCUT2D eigenvalue weighted by atomic mass is 10.2. The van der Waals surface area contributed by atoms with Gasteiger partial charge in [-0.25, -0.2) is 4.79 Å². The number of aliphatic hydroxyl groups is 1. The number of amides is 2. The third-order valence-electron chi connectivity index (χ3n) is 3.34. The van der Waals surface area contributed by atoms with Crippen LogP contribution < -0.4 is 10.6 Å². The van der Waals surface area contributed by atoms with Gasteiger partial charge in [-0.15, -0.1) is 0 Å². The van der Waals surface area contributed by atoms with Crippen LogP contribution >= 0.6 is 0 Å². The Morgan fingerprint density at radius 3 is 2.87 bits per heavy atom. The Morgan fingerprint density at radius 1 is 1.26 bits per heavy atom. The Labute approximate surface area is 135 Å². The van der Waals surface area contributed by atoms with Crippen LogP contribution in [0, 0.1) is 0 Å². The van der Waals surface area contributed by atoms with Gasteiger partial charge in [0.2, 0.25) is 0 Å². The monoisotopic (exact) mass is 321 g/mol. The number of methoxy groups -OCH3 is 1. The second-order valence-electron chi connectivity index (χ2n) is 4.96. The molecule has 1 aromatic heterocycles. The number of carbonyl (C=O) groups is 1. The fourth-order valence-corrected chi connectivity index (χ4v) is 2.29. The quantitative estimate of drug-likeness (QED) is 0.610. The van der Waals surface area contributed by atoms with Crippen molar-refractivity contribution in [2.45, 2.75) is 6.54 Å². The molecule has 1 heterocycles. The van der Waals surface area contributed by atoms with E-state index in [4.69, 9.17) is 14.6 Å². The van der Waals surface area contributed by atoms with E-state index in [1.807, 2.05) is 30.5 Å². The molecule has 0 fully saturated rings. The number of urea groups is 1. The SMILES string of the molecule is COCCn1cc(NC(=O)NCCOCCO)c2ccccc21. The number of ether oxygens (including phenoxy) is 2. The Bertz CT molecular complexity index is 627. The summed E-state index contributed by atoms with van der Waals surface area (Å²) in [5, 5.41) is 15.2. The Hall–Kier alpha value is -2.09. The first-order valence-corrected chi connectivity index (χ1v) is 7.56. The van der Waals surface area contributed by atoms with Gasteiger partial charge in [0.25, 0.3) is 0 Å². The van der Waals surface area contributed by atoms with E-state index in [0.29, 0.717) is 19.8 Å². The summed E-state index contributed by atoms with van der Waals surface area (Å²) in [5.41, 5.74) is 1.80. The summed E-state index contributed by atoms with van der Waals surface area (Å²) in [7, 11) is 1.66. The highest BCUT2D eigenvalue weighted by molar-refractivity contribution is 6.01. The molecule has 0 saturated heterocycles. The predicted octanol–water partition coefficient (Wildman–Crippen LogP) is 1.42.